The third-order valence-corrected chi connectivity index (χ3v) is 4.63. The first-order valence-electron chi connectivity index (χ1n) is 8.43. The van der Waals surface area contributed by atoms with Crippen molar-refractivity contribution in [2.45, 2.75) is 19.8 Å². The summed E-state index contributed by atoms with van der Waals surface area (Å²) in [6, 6.07) is 15.0. The van der Waals surface area contributed by atoms with E-state index in [-0.39, 0.29) is 11.7 Å². The first kappa shape index (κ1) is 16.1. The number of nitrogens with one attached hydrogen (secondary N) is 2. The van der Waals surface area contributed by atoms with E-state index < -0.39 is 0 Å². The molecule has 1 amide bonds. The van der Waals surface area contributed by atoms with E-state index in [0.29, 0.717) is 17.0 Å². The summed E-state index contributed by atoms with van der Waals surface area (Å²) < 4.78 is 0. The number of phenols is 1. The quantitative estimate of drug-likeness (QED) is 0.503. The maximum atomic E-state index is 12.6. The van der Waals surface area contributed by atoms with Crippen molar-refractivity contribution in [1.82, 2.24) is 15.6 Å². The molecule has 6 nitrogen and oxygen atoms in total. The van der Waals surface area contributed by atoms with Gasteiger partial charge in [0, 0.05) is 16.7 Å². The molecule has 2 aromatic carbocycles. The van der Waals surface area contributed by atoms with Crippen LogP contribution in [0.1, 0.15) is 34.1 Å². The minimum absolute atomic E-state index is 0.124. The number of carbonyl (C=O) groups excluding carboxylic acids is 1. The minimum Gasteiger partial charge on any atom is -0.507 e. The highest BCUT2D eigenvalue weighted by molar-refractivity contribution is 6.02. The van der Waals surface area contributed by atoms with Crippen LogP contribution in [0.15, 0.2) is 53.6 Å². The maximum absolute atomic E-state index is 12.6. The molecule has 0 saturated heterocycles. The van der Waals surface area contributed by atoms with E-state index >= 15 is 0 Å². The SMILES string of the molecule is CC(=NNC(=O)c1[nH]nc2c1CCc1ccccc1-2)c1ccccc1O. The zero-order valence-electron chi connectivity index (χ0n) is 14.3. The van der Waals surface area contributed by atoms with Gasteiger partial charge in [0.1, 0.15) is 11.4 Å². The van der Waals surface area contributed by atoms with Crippen LogP contribution in [-0.4, -0.2) is 26.9 Å². The predicted molar refractivity (Wildman–Crippen MR) is 99.2 cm³/mol. The monoisotopic (exact) mass is 346 g/mol. The first-order valence-corrected chi connectivity index (χ1v) is 8.43. The number of hydrogen-bond donors (Lipinski definition) is 3. The third-order valence-electron chi connectivity index (χ3n) is 4.63. The normalized spacial score (nSPS) is 13.0. The molecule has 26 heavy (non-hydrogen) atoms. The number of H-pyrrole nitrogens is 1. The number of hydrogen-bond acceptors (Lipinski definition) is 4. The molecule has 0 fully saturated rings. The molecule has 1 aromatic heterocycles. The van der Waals surface area contributed by atoms with Gasteiger partial charge >= 0.3 is 0 Å². The molecule has 0 bridgehead atoms. The van der Waals surface area contributed by atoms with Crippen LogP contribution in [0.3, 0.4) is 0 Å². The molecular weight excluding hydrogens is 328 g/mol. The summed E-state index contributed by atoms with van der Waals surface area (Å²) in [7, 11) is 0. The van der Waals surface area contributed by atoms with Gasteiger partial charge in [0.25, 0.3) is 5.91 Å². The summed E-state index contributed by atoms with van der Waals surface area (Å²) in [5, 5.41) is 21.2. The molecular formula is C20H18N4O2. The summed E-state index contributed by atoms with van der Waals surface area (Å²) in [4.78, 5) is 12.6. The summed E-state index contributed by atoms with van der Waals surface area (Å²) in [6.07, 6.45) is 1.64. The molecule has 0 unspecified atom stereocenters. The third kappa shape index (κ3) is 2.75. The van der Waals surface area contributed by atoms with Crippen molar-refractivity contribution < 1.29 is 9.90 Å². The molecule has 1 aliphatic carbocycles. The van der Waals surface area contributed by atoms with Crippen LogP contribution in [0.5, 0.6) is 5.75 Å². The highest BCUT2D eigenvalue weighted by atomic mass is 16.3. The fourth-order valence-electron chi connectivity index (χ4n) is 3.28. The zero-order valence-corrected chi connectivity index (χ0v) is 14.3. The van der Waals surface area contributed by atoms with Gasteiger partial charge in [-0.05, 0) is 37.5 Å². The highest BCUT2D eigenvalue weighted by Gasteiger charge is 2.24. The molecule has 0 spiro atoms. The van der Waals surface area contributed by atoms with Crippen molar-refractivity contribution in [3.05, 3.63) is 70.9 Å². The van der Waals surface area contributed by atoms with Gasteiger partial charge in [-0.15, -0.1) is 0 Å². The van der Waals surface area contributed by atoms with Crippen LogP contribution in [0, 0.1) is 0 Å². The number of phenolic OH excluding ortho intramolecular Hbond substituents is 1. The van der Waals surface area contributed by atoms with Crippen molar-refractivity contribution in [2.24, 2.45) is 5.10 Å². The first-order chi connectivity index (χ1) is 12.6. The second-order valence-electron chi connectivity index (χ2n) is 6.24. The van der Waals surface area contributed by atoms with Crippen LogP contribution in [-0.2, 0) is 12.8 Å². The number of nitrogens with zero attached hydrogens (tertiary/aromatic N) is 2. The molecule has 0 radical (unpaired) electrons. The number of aromatic amines is 1. The zero-order chi connectivity index (χ0) is 18.1. The molecule has 1 aliphatic rings. The lowest BCUT2D eigenvalue weighted by molar-refractivity contribution is 0.0949. The average molecular weight is 346 g/mol. The van der Waals surface area contributed by atoms with Gasteiger partial charge in [-0.25, -0.2) is 5.43 Å². The number of aromatic hydroxyl groups is 1. The van der Waals surface area contributed by atoms with Gasteiger partial charge in [-0.3, -0.25) is 9.89 Å². The predicted octanol–water partition coefficient (Wildman–Crippen LogP) is 3.03. The summed E-state index contributed by atoms with van der Waals surface area (Å²) >= 11 is 0. The Balaban J connectivity index is 1.59. The van der Waals surface area contributed by atoms with E-state index in [4.69, 9.17) is 0 Å². The molecule has 4 rings (SSSR count). The lowest BCUT2D eigenvalue weighted by Crippen LogP contribution is -2.21. The topological polar surface area (TPSA) is 90.4 Å². The van der Waals surface area contributed by atoms with Gasteiger partial charge in [0.2, 0.25) is 0 Å². The lowest BCUT2D eigenvalue weighted by atomic mass is 9.89. The number of hydrazone groups is 1. The molecule has 0 saturated carbocycles. The Morgan fingerprint density at radius 3 is 2.77 bits per heavy atom. The van der Waals surface area contributed by atoms with E-state index in [1.54, 1.807) is 31.2 Å². The van der Waals surface area contributed by atoms with Gasteiger partial charge in [-0.1, -0.05) is 36.4 Å². The number of rotatable bonds is 3. The van der Waals surface area contributed by atoms with Crippen LogP contribution >= 0.6 is 0 Å². The fraction of sp³-hybridized carbons (Fsp3) is 0.150. The summed E-state index contributed by atoms with van der Waals surface area (Å²) in [5.74, 6) is -0.216. The van der Waals surface area contributed by atoms with Crippen LogP contribution in [0.4, 0.5) is 0 Å². The maximum Gasteiger partial charge on any atom is 0.289 e. The Hall–Kier alpha value is -3.41. The number of aryl methyl sites for hydroxylation is 1. The molecule has 130 valence electrons. The van der Waals surface area contributed by atoms with Gasteiger partial charge in [-0.2, -0.15) is 10.2 Å². The van der Waals surface area contributed by atoms with Crippen LogP contribution < -0.4 is 5.43 Å². The van der Waals surface area contributed by atoms with Crippen molar-refractivity contribution in [2.75, 3.05) is 0 Å². The molecule has 6 heteroatoms. The van der Waals surface area contributed by atoms with E-state index in [0.717, 1.165) is 29.7 Å². The number of fused-ring (bicyclic) bond motifs is 3. The Bertz CT molecular complexity index is 1020. The van der Waals surface area contributed by atoms with Gasteiger partial charge in [0.15, 0.2) is 0 Å². The van der Waals surface area contributed by atoms with Gasteiger partial charge in [0.05, 0.1) is 11.4 Å². The number of para-hydroxylation sites is 1. The molecule has 1 heterocycles. The van der Waals surface area contributed by atoms with E-state index in [1.807, 2.05) is 18.2 Å². The second kappa shape index (κ2) is 6.48. The number of aromatic nitrogens is 2. The van der Waals surface area contributed by atoms with Gasteiger partial charge < -0.3 is 5.11 Å². The number of benzene rings is 2. The minimum atomic E-state index is -0.340. The molecule has 0 aliphatic heterocycles. The second-order valence-corrected chi connectivity index (χ2v) is 6.24. The lowest BCUT2D eigenvalue weighted by Gasteiger charge is -2.15. The Morgan fingerprint density at radius 2 is 1.92 bits per heavy atom. The average Bonchev–Trinajstić information content (AvgIpc) is 3.11. The Kier molecular flexibility index (Phi) is 4.01. The van der Waals surface area contributed by atoms with E-state index in [2.05, 4.69) is 26.8 Å². The molecule has 3 N–H and O–H groups in total. The van der Waals surface area contributed by atoms with Crippen molar-refractivity contribution >= 4 is 11.6 Å². The largest absolute Gasteiger partial charge is 0.507 e. The highest BCUT2D eigenvalue weighted by Crippen LogP contribution is 2.33. The van der Waals surface area contributed by atoms with Crippen molar-refractivity contribution in [3.8, 4) is 17.0 Å². The summed E-state index contributed by atoms with van der Waals surface area (Å²) in [6.45, 7) is 1.73. The van der Waals surface area contributed by atoms with Crippen LogP contribution in [0.25, 0.3) is 11.3 Å². The van der Waals surface area contributed by atoms with Crippen LogP contribution in [0.2, 0.25) is 0 Å². The number of amides is 1. The number of carbonyl (C=O) groups is 1. The smallest absolute Gasteiger partial charge is 0.289 e. The Labute approximate surface area is 150 Å². The molecule has 0 atom stereocenters. The molecule has 3 aromatic rings. The summed E-state index contributed by atoms with van der Waals surface area (Å²) in [5.41, 5.74) is 8.14. The van der Waals surface area contributed by atoms with Crippen molar-refractivity contribution in [3.63, 3.8) is 0 Å². The van der Waals surface area contributed by atoms with Crippen molar-refractivity contribution in [1.29, 1.82) is 0 Å². The fourth-order valence-corrected chi connectivity index (χ4v) is 3.28. The van der Waals surface area contributed by atoms with E-state index in [1.165, 1.54) is 5.56 Å². The Morgan fingerprint density at radius 1 is 1.15 bits per heavy atom. The standard InChI is InChI=1S/C20H18N4O2/c1-12(14-7-4-5-9-17(14)25)21-24-20(26)19-16-11-10-13-6-2-3-8-15(13)18(16)22-23-19/h2-9,25H,10-11H2,1H3,(H,22,23)(H,24,26). The van der Waals surface area contributed by atoms with E-state index in [9.17, 15) is 9.90 Å².